The van der Waals surface area contributed by atoms with E-state index in [0.29, 0.717) is 15.4 Å². The van der Waals surface area contributed by atoms with Crippen molar-refractivity contribution in [3.63, 3.8) is 0 Å². The molecule has 1 aliphatic heterocycles. The molecule has 0 bridgehead atoms. The molecule has 2 amide bonds. The third-order valence-corrected chi connectivity index (χ3v) is 6.20. The van der Waals surface area contributed by atoms with Gasteiger partial charge in [0.2, 0.25) is 5.91 Å². The van der Waals surface area contributed by atoms with E-state index in [1.165, 1.54) is 0 Å². The monoisotopic (exact) mass is 436 g/mol. The highest BCUT2D eigenvalue weighted by atomic mass is 32.1. The van der Waals surface area contributed by atoms with Crippen molar-refractivity contribution in [2.75, 3.05) is 11.9 Å². The first kappa shape index (κ1) is 24.1. The van der Waals surface area contributed by atoms with E-state index >= 15 is 0 Å². The highest BCUT2D eigenvalue weighted by Crippen LogP contribution is 2.36. The zero-order chi connectivity index (χ0) is 23.1. The summed E-state index contributed by atoms with van der Waals surface area (Å²) in [7, 11) is 0. The molecule has 166 valence electrons. The number of aryl methyl sites for hydroxylation is 1. The molecule has 1 N–H and O–H groups in total. The molecule has 0 aromatic carbocycles. The van der Waals surface area contributed by atoms with Crippen LogP contribution in [0.1, 0.15) is 76.5 Å². The molecule has 0 aliphatic carbocycles. The van der Waals surface area contributed by atoms with Crippen LogP contribution in [0.5, 0.6) is 0 Å². The number of amides is 2. The Morgan fingerprint density at radius 3 is 2.17 bits per heavy atom. The number of esters is 1. The molecule has 7 nitrogen and oxygen atoms in total. The second kappa shape index (κ2) is 8.13. The van der Waals surface area contributed by atoms with Gasteiger partial charge in [0.1, 0.15) is 10.7 Å². The predicted molar refractivity (Wildman–Crippen MR) is 117 cm³/mol. The Morgan fingerprint density at radius 2 is 1.67 bits per heavy atom. The lowest BCUT2D eigenvalue weighted by Gasteiger charge is -2.51. The van der Waals surface area contributed by atoms with Crippen LogP contribution in [0.3, 0.4) is 0 Å². The van der Waals surface area contributed by atoms with Gasteiger partial charge in [0.05, 0.1) is 5.00 Å². The number of hydrogen-bond donors (Lipinski definition) is 1. The molecule has 1 fully saturated rings. The molecule has 2 heterocycles. The molecule has 30 heavy (non-hydrogen) atoms. The maximum absolute atomic E-state index is 12.9. The first-order chi connectivity index (χ1) is 13.5. The highest BCUT2D eigenvalue weighted by Gasteiger charge is 2.47. The Labute approximate surface area is 182 Å². The fraction of sp³-hybridized carbons (Fsp3) is 0.636. The SMILES string of the molecule is Cc1cc(NC(=O)C(C)(C)C)sc1C(=O)OCC(=O)N1C(C)(C)CC(=O)CC1(C)C. The summed E-state index contributed by atoms with van der Waals surface area (Å²) in [5, 5.41) is 3.36. The molecule has 0 spiro atoms. The Hall–Kier alpha value is -2.22. The van der Waals surface area contributed by atoms with Crippen LogP contribution in [-0.4, -0.2) is 46.2 Å². The number of carbonyl (C=O) groups excluding carboxylic acids is 4. The van der Waals surface area contributed by atoms with Crippen LogP contribution in [0.4, 0.5) is 5.00 Å². The number of ketones is 1. The minimum Gasteiger partial charge on any atom is -0.451 e. The van der Waals surface area contributed by atoms with Crippen LogP contribution in [0.15, 0.2) is 6.07 Å². The van der Waals surface area contributed by atoms with Gasteiger partial charge in [-0.05, 0) is 46.2 Å². The molecule has 1 aliphatic rings. The maximum Gasteiger partial charge on any atom is 0.349 e. The van der Waals surface area contributed by atoms with Crippen LogP contribution in [0, 0.1) is 12.3 Å². The van der Waals surface area contributed by atoms with Gasteiger partial charge in [0.25, 0.3) is 5.91 Å². The smallest absolute Gasteiger partial charge is 0.349 e. The largest absolute Gasteiger partial charge is 0.451 e. The first-order valence-corrected chi connectivity index (χ1v) is 10.8. The molecule has 1 aromatic rings. The number of likely N-dealkylation sites (tertiary alicyclic amines) is 1. The molecule has 0 saturated carbocycles. The van der Waals surface area contributed by atoms with E-state index in [1.54, 1.807) is 38.7 Å². The summed E-state index contributed by atoms with van der Waals surface area (Å²) >= 11 is 1.12. The van der Waals surface area contributed by atoms with Crippen molar-refractivity contribution in [3.8, 4) is 0 Å². The molecule has 0 atom stereocenters. The van der Waals surface area contributed by atoms with E-state index in [1.807, 2.05) is 27.7 Å². The highest BCUT2D eigenvalue weighted by molar-refractivity contribution is 7.18. The van der Waals surface area contributed by atoms with E-state index in [2.05, 4.69) is 5.32 Å². The number of Topliss-reactive ketones (excluding diaryl/α,β-unsaturated/α-hetero) is 1. The van der Waals surface area contributed by atoms with Crippen LogP contribution < -0.4 is 5.32 Å². The molecule has 1 aromatic heterocycles. The number of piperidine rings is 1. The van der Waals surface area contributed by atoms with E-state index < -0.39 is 29.1 Å². The number of hydrogen-bond acceptors (Lipinski definition) is 6. The van der Waals surface area contributed by atoms with Gasteiger partial charge in [-0.1, -0.05) is 20.8 Å². The molecular formula is C22H32N2O5S. The third kappa shape index (κ3) is 5.28. The zero-order valence-corrected chi connectivity index (χ0v) is 19.9. The number of nitrogens with one attached hydrogen (secondary N) is 1. The quantitative estimate of drug-likeness (QED) is 0.722. The summed E-state index contributed by atoms with van der Waals surface area (Å²) < 4.78 is 5.31. The first-order valence-electron chi connectivity index (χ1n) is 9.98. The lowest BCUT2D eigenvalue weighted by Crippen LogP contribution is -2.63. The Kier molecular flexibility index (Phi) is 6.52. The Morgan fingerprint density at radius 1 is 1.13 bits per heavy atom. The van der Waals surface area contributed by atoms with Crippen molar-refractivity contribution in [1.29, 1.82) is 0 Å². The summed E-state index contributed by atoms with van der Waals surface area (Å²) in [6.45, 7) is 14.2. The number of nitrogens with zero attached hydrogens (tertiary/aromatic N) is 1. The van der Waals surface area contributed by atoms with Gasteiger partial charge in [-0.15, -0.1) is 11.3 Å². The fourth-order valence-corrected chi connectivity index (χ4v) is 4.94. The number of anilines is 1. The summed E-state index contributed by atoms with van der Waals surface area (Å²) in [5.41, 5.74) is -1.18. The number of rotatable bonds is 4. The van der Waals surface area contributed by atoms with Gasteiger partial charge in [-0.25, -0.2) is 4.79 Å². The summed E-state index contributed by atoms with van der Waals surface area (Å²) in [6, 6.07) is 1.72. The van der Waals surface area contributed by atoms with Crippen molar-refractivity contribution < 1.29 is 23.9 Å². The van der Waals surface area contributed by atoms with E-state index in [9.17, 15) is 19.2 Å². The lowest BCUT2D eigenvalue weighted by molar-refractivity contribution is -0.156. The van der Waals surface area contributed by atoms with Crippen LogP contribution in [0.25, 0.3) is 0 Å². The van der Waals surface area contributed by atoms with Gasteiger partial charge in [-0.3, -0.25) is 14.4 Å². The van der Waals surface area contributed by atoms with E-state index in [-0.39, 0.29) is 30.4 Å². The van der Waals surface area contributed by atoms with Crippen LogP contribution >= 0.6 is 11.3 Å². The number of ether oxygens (including phenoxy) is 1. The zero-order valence-electron chi connectivity index (χ0n) is 19.1. The Balaban J connectivity index is 2.08. The average molecular weight is 437 g/mol. The predicted octanol–water partition coefficient (Wildman–Crippen LogP) is 3.95. The van der Waals surface area contributed by atoms with Crippen molar-refractivity contribution in [1.82, 2.24) is 4.90 Å². The third-order valence-electron chi connectivity index (χ3n) is 5.07. The normalized spacial score (nSPS) is 18.1. The van der Waals surface area contributed by atoms with E-state index in [0.717, 1.165) is 11.3 Å². The summed E-state index contributed by atoms with van der Waals surface area (Å²) in [4.78, 5) is 51.7. The topological polar surface area (TPSA) is 92.8 Å². The van der Waals surface area contributed by atoms with Gasteiger partial charge in [0.15, 0.2) is 6.61 Å². The van der Waals surface area contributed by atoms with E-state index in [4.69, 9.17) is 4.74 Å². The fourth-order valence-electron chi connectivity index (χ4n) is 3.98. The van der Waals surface area contributed by atoms with Crippen molar-refractivity contribution in [3.05, 3.63) is 16.5 Å². The molecular weight excluding hydrogens is 404 g/mol. The number of carbonyl (C=O) groups is 4. The molecule has 0 unspecified atom stereocenters. The van der Waals surface area contributed by atoms with Crippen LogP contribution in [0.2, 0.25) is 0 Å². The van der Waals surface area contributed by atoms with Gasteiger partial charge in [0, 0.05) is 29.3 Å². The average Bonchev–Trinajstić information content (AvgIpc) is 2.89. The van der Waals surface area contributed by atoms with Crippen molar-refractivity contribution in [2.45, 2.75) is 79.3 Å². The van der Waals surface area contributed by atoms with Crippen molar-refractivity contribution in [2.24, 2.45) is 5.41 Å². The minimum absolute atomic E-state index is 0.116. The van der Waals surface area contributed by atoms with Crippen molar-refractivity contribution >= 4 is 39.9 Å². The second-order valence-electron chi connectivity index (χ2n) is 10.1. The van der Waals surface area contributed by atoms with Gasteiger partial charge < -0.3 is 15.0 Å². The standard InChI is InChI=1S/C22H32N2O5S/c1-13-9-15(23-19(28)20(2,3)4)30-17(13)18(27)29-12-16(26)24-21(5,6)10-14(25)11-22(24,7)8/h9H,10-12H2,1-8H3,(H,23,28). The molecule has 8 heteroatoms. The summed E-state index contributed by atoms with van der Waals surface area (Å²) in [5.74, 6) is -0.972. The lowest BCUT2D eigenvalue weighted by atomic mass is 9.79. The molecule has 1 saturated heterocycles. The van der Waals surface area contributed by atoms with Gasteiger partial charge in [-0.2, -0.15) is 0 Å². The minimum atomic E-state index is -0.647. The summed E-state index contributed by atoms with van der Waals surface area (Å²) in [6.07, 6.45) is 0.550. The second-order valence-corrected chi connectivity index (χ2v) is 11.2. The van der Waals surface area contributed by atoms with Gasteiger partial charge >= 0.3 is 5.97 Å². The maximum atomic E-state index is 12.9. The molecule has 0 radical (unpaired) electrons. The Bertz CT molecular complexity index is 857. The molecule has 2 rings (SSSR count). The number of thiophene rings is 1. The van der Waals surface area contributed by atoms with Crippen LogP contribution in [-0.2, 0) is 19.1 Å².